The number of nitrogens with one attached hydrogen (secondary N) is 1. The summed E-state index contributed by atoms with van der Waals surface area (Å²) in [7, 11) is 3.22. The van der Waals surface area contributed by atoms with Crippen molar-refractivity contribution in [3.05, 3.63) is 59.7 Å². The summed E-state index contributed by atoms with van der Waals surface area (Å²) in [5, 5.41) is 2.96. The molecule has 1 fully saturated rings. The Morgan fingerprint density at radius 2 is 1.56 bits per heavy atom. The molecule has 0 bridgehead atoms. The molecule has 2 aliphatic heterocycles. The summed E-state index contributed by atoms with van der Waals surface area (Å²) in [4.78, 5) is 44.8. The van der Waals surface area contributed by atoms with Gasteiger partial charge in [-0.05, 0) is 56.2 Å². The molecule has 0 aliphatic carbocycles. The topological polar surface area (TPSA) is 122 Å². The van der Waals surface area contributed by atoms with Gasteiger partial charge in [0.1, 0.15) is 11.3 Å². The Hall–Kier alpha value is -4.61. The van der Waals surface area contributed by atoms with Crippen molar-refractivity contribution in [1.82, 2.24) is 19.9 Å². The highest BCUT2D eigenvalue weighted by Crippen LogP contribution is 2.36. The van der Waals surface area contributed by atoms with Gasteiger partial charge in [-0.1, -0.05) is 0 Å². The molecule has 2 aliphatic rings. The highest BCUT2D eigenvalue weighted by molar-refractivity contribution is 6.04. The second kappa shape index (κ2) is 11.5. The predicted molar refractivity (Wildman–Crippen MR) is 154 cm³/mol. The molecule has 4 heterocycles. The van der Waals surface area contributed by atoms with Gasteiger partial charge in [-0.3, -0.25) is 9.78 Å². The normalized spacial score (nSPS) is 14.9. The zero-order valence-corrected chi connectivity index (χ0v) is 24.0. The van der Waals surface area contributed by atoms with E-state index in [1.165, 1.54) is 0 Å². The van der Waals surface area contributed by atoms with Crippen LogP contribution in [0.25, 0.3) is 0 Å². The molecule has 0 radical (unpaired) electrons. The van der Waals surface area contributed by atoms with Gasteiger partial charge < -0.3 is 34.2 Å². The van der Waals surface area contributed by atoms with Gasteiger partial charge in [0.15, 0.2) is 11.5 Å². The molecule has 216 valence electrons. The molecule has 41 heavy (non-hydrogen) atoms. The minimum Gasteiger partial charge on any atom is -0.493 e. The molecule has 1 aromatic carbocycles. The van der Waals surface area contributed by atoms with Gasteiger partial charge in [0.2, 0.25) is 5.95 Å². The molecule has 0 spiro atoms. The second-order valence-electron chi connectivity index (χ2n) is 10.9. The minimum atomic E-state index is -0.544. The van der Waals surface area contributed by atoms with E-state index in [1.54, 1.807) is 43.8 Å². The van der Waals surface area contributed by atoms with Crippen molar-refractivity contribution in [2.75, 3.05) is 55.5 Å². The number of amides is 2. The maximum Gasteiger partial charge on any atom is 0.410 e. The highest BCUT2D eigenvalue weighted by atomic mass is 16.6. The van der Waals surface area contributed by atoms with Crippen LogP contribution >= 0.6 is 0 Å². The predicted octanol–water partition coefficient (Wildman–Crippen LogP) is 3.72. The van der Waals surface area contributed by atoms with Crippen LogP contribution in [0.4, 0.5) is 22.1 Å². The fourth-order valence-electron chi connectivity index (χ4n) is 4.90. The van der Waals surface area contributed by atoms with Crippen molar-refractivity contribution < 1.29 is 23.8 Å². The van der Waals surface area contributed by atoms with E-state index in [2.05, 4.69) is 25.2 Å². The zero-order valence-electron chi connectivity index (χ0n) is 24.0. The Bertz CT molecular complexity index is 1400. The molecule has 0 atom stereocenters. The zero-order chi connectivity index (χ0) is 29.1. The Labute approximate surface area is 239 Å². The largest absolute Gasteiger partial charge is 0.493 e. The molecule has 12 heteroatoms. The first-order chi connectivity index (χ1) is 19.6. The minimum absolute atomic E-state index is 0.241. The van der Waals surface area contributed by atoms with Crippen LogP contribution in [0.1, 0.15) is 42.4 Å². The van der Waals surface area contributed by atoms with Gasteiger partial charge in [0.05, 0.1) is 31.8 Å². The number of methoxy groups -OCH3 is 2. The van der Waals surface area contributed by atoms with Crippen molar-refractivity contribution in [2.24, 2.45) is 0 Å². The van der Waals surface area contributed by atoms with Crippen LogP contribution in [-0.4, -0.2) is 77.9 Å². The van der Waals surface area contributed by atoms with Gasteiger partial charge in [-0.2, -0.15) is 0 Å². The second-order valence-corrected chi connectivity index (χ2v) is 10.9. The molecule has 2 amide bonds. The quantitative estimate of drug-likeness (QED) is 0.476. The van der Waals surface area contributed by atoms with E-state index in [4.69, 9.17) is 14.2 Å². The van der Waals surface area contributed by atoms with E-state index in [9.17, 15) is 9.59 Å². The molecular weight excluding hydrogens is 526 g/mol. The van der Waals surface area contributed by atoms with Crippen LogP contribution in [0.15, 0.2) is 42.9 Å². The molecule has 2 aromatic heterocycles. The fraction of sp³-hybridized carbons (Fsp3) is 0.414. The number of piperazine rings is 1. The van der Waals surface area contributed by atoms with Crippen LogP contribution in [0.5, 0.6) is 11.5 Å². The summed E-state index contributed by atoms with van der Waals surface area (Å²) < 4.78 is 16.4. The molecule has 0 unspecified atom stereocenters. The van der Waals surface area contributed by atoms with Gasteiger partial charge in [0.25, 0.3) is 5.91 Å². The Morgan fingerprint density at radius 3 is 2.17 bits per heavy atom. The van der Waals surface area contributed by atoms with E-state index in [0.29, 0.717) is 62.4 Å². The van der Waals surface area contributed by atoms with Crippen LogP contribution in [0.3, 0.4) is 0 Å². The number of hydrogen-bond donors (Lipinski definition) is 1. The number of hydrogen-bond acceptors (Lipinski definition) is 10. The molecule has 12 nitrogen and oxygen atoms in total. The van der Waals surface area contributed by atoms with Crippen molar-refractivity contribution in [2.45, 2.75) is 39.5 Å². The SMILES string of the molecule is COc1cc2c(cc1OC)CN(c1nccc(C(=O)Nc3cnccc3N3CCN(C(=O)OC(C)(C)C)CC3)n1)C2. The standard InChI is InChI=1S/C29H35N7O5/c1-29(2,3)41-28(38)35-12-10-34(11-13-35)23-7-8-30-16-22(23)32-26(37)21-6-9-31-27(33-21)36-17-19-14-24(39-4)25(40-5)15-20(19)18-36/h6-9,14-16H,10-13,17-18H2,1-5H3,(H,32,37). The van der Waals surface area contributed by atoms with Crippen molar-refractivity contribution >= 4 is 29.3 Å². The number of ether oxygens (including phenoxy) is 3. The number of aromatic nitrogens is 3. The number of carbonyl (C=O) groups excluding carboxylic acids is 2. The van der Waals surface area contributed by atoms with E-state index in [0.717, 1.165) is 16.8 Å². The van der Waals surface area contributed by atoms with E-state index in [1.807, 2.05) is 43.9 Å². The fourth-order valence-corrected chi connectivity index (χ4v) is 4.90. The average molecular weight is 562 g/mol. The number of benzene rings is 1. The third kappa shape index (κ3) is 6.26. The van der Waals surface area contributed by atoms with Crippen LogP contribution in [0.2, 0.25) is 0 Å². The van der Waals surface area contributed by atoms with Crippen molar-refractivity contribution in [1.29, 1.82) is 0 Å². The Morgan fingerprint density at radius 1 is 0.902 bits per heavy atom. The number of anilines is 3. The monoisotopic (exact) mass is 561 g/mol. The first kappa shape index (κ1) is 27.9. The smallest absolute Gasteiger partial charge is 0.410 e. The van der Waals surface area contributed by atoms with Gasteiger partial charge in [0, 0.05) is 51.7 Å². The lowest BCUT2D eigenvalue weighted by molar-refractivity contribution is 0.0240. The number of rotatable bonds is 6. The summed E-state index contributed by atoms with van der Waals surface area (Å²) in [6.07, 6.45) is 4.57. The van der Waals surface area contributed by atoms with Gasteiger partial charge >= 0.3 is 6.09 Å². The summed E-state index contributed by atoms with van der Waals surface area (Å²) in [5.41, 5.74) is 3.27. The van der Waals surface area contributed by atoms with Crippen molar-refractivity contribution in [3.8, 4) is 11.5 Å². The van der Waals surface area contributed by atoms with Crippen LogP contribution in [-0.2, 0) is 17.8 Å². The average Bonchev–Trinajstić information content (AvgIpc) is 3.39. The number of fused-ring (bicyclic) bond motifs is 1. The lowest BCUT2D eigenvalue weighted by Crippen LogP contribution is -2.50. The van der Waals surface area contributed by atoms with Gasteiger partial charge in [-0.25, -0.2) is 14.8 Å². The molecule has 5 rings (SSSR count). The van der Waals surface area contributed by atoms with E-state index < -0.39 is 5.60 Å². The number of pyridine rings is 1. The first-order valence-corrected chi connectivity index (χ1v) is 13.4. The maximum absolute atomic E-state index is 13.3. The Balaban J connectivity index is 1.26. The summed E-state index contributed by atoms with van der Waals surface area (Å²) in [6.45, 7) is 8.94. The first-order valence-electron chi connectivity index (χ1n) is 13.4. The molecule has 0 saturated carbocycles. The van der Waals surface area contributed by atoms with Crippen LogP contribution < -0.4 is 24.6 Å². The molecule has 1 saturated heterocycles. The molecular formula is C29H35N7O5. The third-order valence-electron chi connectivity index (χ3n) is 6.90. The summed E-state index contributed by atoms with van der Waals surface area (Å²) in [6, 6.07) is 7.36. The molecule has 1 N–H and O–H groups in total. The third-order valence-corrected chi connectivity index (χ3v) is 6.90. The van der Waals surface area contributed by atoms with Gasteiger partial charge in [-0.15, -0.1) is 0 Å². The highest BCUT2D eigenvalue weighted by Gasteiger charge is 2.28. The lowest BCUT2D eigenvalue weighted by Gasteiger charge is -2.37. The Kier molecular flexibility index (Phi) is 7.82. The molecule has 3 aromatic rings. The summed E-state index contributed by atoms with van der Waals surface area (Å²) in [5.74, 6) is 1.42. The maximum atomic E-state index is 13.3. The van der Waals surface area contributed by atoms with Crippen LogP contribution in [0, 0.1) is 0 Å². The number of nitrogens with zero attached hydrogens (tertiary/aromatic N) is 6. The van der Waals surface area contributed by atoms with E-state index >= 15 is 0 Å². The van der Waals surface area contributed by atoms with Crippen molar-refractivity contribution in [3.63, 3.8) is 0 Å². The van der Waals surface area contributed by atoms with E-state index in [-0.39, 0.29) is 17.7 Å². The lowest BCUT2D eigenvalue weighted by atomic mass is 10.1. The number of carbonyl (C=O) groups is 2. The summed E-state index contributed by atoms with van der Waals surface area (Å²) >= 11 is 0.